The van der Waals surface area contributed by atoms with Crippen molar-refractivity contribution >= 4 is 11.6 Å². The van der Waals surface area contributed by atoms with Gasteiger partial charge in [-0.3, -0.25) is 0 Å². The second kappa shape index (κ2) is 6.72. The molecule has 1 unspecified atom stereocenters. The molecule has 0 aliphatic carbocycles. The molecule has 0 aliphatic rings. The van der Waals surface area contributed by atoms with Crippen LogP contribution in [0.2, 0.25) is 0 Å². The summed E-state index contributed by atoms with van der Waals surface area (Å²) in [6.45, 7) is 2.01. The average molecular weight is 307 g/mol. The first-order chi connectivity index (χ1) is 10.1. The first kappa shape index (κ1) is 15.5. The summed E-state index contributed by atoms with van der Waals surface area (Å²) in [5.74, 6) is 2.16. The normalized spacial score (nSPS) is 11.9. The third-order valence-electron chi connectivity index (χ3n) is 3.43. The van der Waals surface area contributed by atoms with Gasteiger partial charge in [0, 0.05) is 0 Å². The number of ether oxygens (including phenoxy) is 3. The maximum Gasteiger partial charge on any atom is 0.161 e. The average Bonchev–Trinajstić information content (AvgIpc) is 2.53. The maximum atomic E-state index is 6.64. The van der Waals surface area contributed by atoms with E-state index >= 15 is 0 Å². The summed E-state index contributed by atoms with van der Waals surface area (Å²) < 4.78 is 15.9. The summed E-state index contributed by atoms with van der Waals surface area (Å²) in [6.07, 6.45) is 0. The molecule has 4 heteroatoms. The van der Waals surface area contributed by atoms with Gasteiger partial charge in [-0.1, -0.05) is 12.1 Å². The molecule has 21 heavy (non-hydrogen) atoms. The molecule has 0 saturated carbocycles. The second-order valence-corrected chi connectivity index (χ2v) is 5.14. The summed E-state index contributed by atoms with van der Waals surface area (Å²) >= 11 is 6.64. The molecule has 112 valence electrons. The lowest BCUT2D eigenvalue weighted by atomic mass is 9.99. The molecule has 0 radical (unpaired) electrons. The molecule has 3 nitrogen and oxygen atoms in total. The zero-order valence-electron chi connectivity index (χ0n) is 12.6. The van der Waals surface area contributed by atoms with Crippen molar-refractivity contribution < 1.29 is 14.2 Å². The lowest BCUT2D eigenvalue weighted by Gasteiger charge is -2.17. The van der Waals surface area contributed by atoms with Crippen molar-refractivity contribution in [1.82, 2.24) is 0 Å². The smallest absolute Gasteiger partial charge is 0.161 e. The van der Waals surface area contributed by atoms with Gasteiger partial charge in [0.15, 0.2) is 11.5 Å². The number of hydrogen-bond donors (Lipinski definition) is 0. The minimum absolute atomic E-state index is 0.278. The first-order valence-corrected chi connectivity index (χ1v) is 7.05. The molecule has 1 atom stereocenters. The van der Waals surface area contributed by atoms with Gasteiger partial charge in [0.2, 0.25) is 0 Å². The van der Waals surface area contributed by atoms with Crippen molar-refractivity contribution in [2.45, 2.75) is 12.3 Å². The molecule has 0 aromatic heterocycles. The number of halogens is 1. The molecule has 0 fully saturated rings. The van der Waals surface area contributed by atoms with Crippen LogP contribution >= 0.6 is 11.6 Å². The fourth-order valence-corrected chi connectivity index (χ4v) is 2.62. The van der Waals surface area contributed by atoms with Crippen LogP contribution in [-0.2, 0) is 0 Å². The van der Waals surface area contributed by atoms with E-state index in [4.69, 9.17) is 25.8 Å². The Bertz CT molecular complexity index is 625. The van der Waals surface area contributed by atoms with Crippen LogP contribution in [0.25, 0.3) is 0 Å². The number of hydrogen-bond acceptors (Lipinski definition) is 3. The molecule has 0 bridgehead atoms. The Morgan fingerprint density at radius 2 is 1.57 bits per heavy atom. The van der Waals surface area contributed by atoms with Crippen LogP contribution < -0.4 is 14.2 Å². The summed E-state index contributed by atoms with van der Waals surface area (Å²) in [7, 11) is 4.88. The number of aryl methyl sites for hydroxylation is 1. The van der Waals surface area contributed by atoms with Crippen molar-refractivity contribution in [3.8, 4) is 17.2 Å². The Hall–Kier alpha value is -1.87. The predicted molar refractivity (Wildman–Crippen MR) is 85.0 cm³/mol. The van der Waals surface area contributed by atoms with E-state index in [-0.39, 0.29) is 5.38 Å². The number of alkyl halides is 1. The van der Waals surface area contributed by atoms with Gasteiger partial charge >= 0.3 is 0 Å². The predicted octanol–water partition coefficient (Wildman–Crippen LogP) is 4.35. The molecule has 2 aromatic rings. The van der Waals surface area contributed by atoms with Gasteiger partial charge in [-0.15, -0.1) is 11.6 Å². The summed E-state index contributed by atoms with van der Waals surface area (Å²) in [4.78, 5) is 0. The van der Waals surface area contributed by atoms with Gasteiger partial charge in [-0.2, -0.15) is 0 Å². The Balaban J connectivity index is 2.44. The minimum atomic E-state index is -0.278. The zero-order chi connectivity index (χ0) is 15.4. The highest BCUT2D eigenvalue weighted by Crippen LogP contribution is 2.38. The van der Waals surface area contributed by atoms with Crippen LogP contribution in [0.5, 0.6) is 17.2 Å². The van der Waals surface area contributed by atoms with Crippen LogP contribution in [0.4, 0.5) is 0 Å². The van der Waals surface area contributed by atoms with E-state index in [9.17, 15) is 0 Å². The highest BCUT2D eigenvalue weighted by Gasteiger charge is 2.17. The Morgan fingerprint density at radius 1 is 0.905 bits per heavy atom. The number of benzene rings is 2. The van der Waals surface area contributed by atoms with Crippen LogP contribution in [-0.4, -0.2) is 21.3 Å². The SMILES string of the molecule is COc1cccc(C(Cl)c2cc(OC)c(OC)cc2C)c1. The number of rotatable bonds is 5. The van der Waals surface area contributed by atoms with Crippen molar-refractivity contribution in [3.05, 3.63) is 53.1 Å². The van der Waals surface area contributed by atoms with E-state index in [0.29, 0.717) is 11.5 Å². The molecule has 0 saturated heterocycles. The molecular formula is C17H19ClO3. The van der Waals surface area contributed by atoms with E-state index in [1.165, 1.54) is 0 Å². The standard InChI is InChI=1S/C17H19ClO3/c1-11-8-15(20-3)16(21-4)10-14(11)17(18)12-6-5-7-13(9-12)19-2/h5-10,17H,1-4H3. The quantitative estimate of drug-likeness (QED) is 0.769. The topological polar surface area (TPSA) is 27.7 Å². The van der Waals surface area contributed by atoms with Crippen molar-refractivity contribution in [3.63, 3.8) is 0 Å². The first-order valence-electron chi connectivity index (χ1n) is 6.61. The zero-order valence-corrected chi connectivity index (χ0v) is 13.4. The summed E-state index contributed by atoms with van der Waals surface area (Å²) in [5, 5.41) is -0.278. The molecule has 0 spiro atoms. The molecular weight excluding hydrogens is 288 g/mol. The molecule has 2 rings (SSSR count). The summed E-state index contributed by atoms with van der Waals surface area (Å²) in [5.41, 5.74) is 3.02. The van der Waals surface area contributed by atoms with E-state index in [1.54, 1.807) is 21.3 Å². The fraction of sp³-hybridized carbons (Fsp3) is 0.294. The van der Waals surface area contributed by atoms with Crippen molar-refractivity contribution in [2.75, 3.05) is 21.3 Å². The van der Waals surface area contributed by atoms with Gasteiger partial charge in [-0.05, 0) is 47.9 Å². The second-order valence-electron chi connectivity index (χ2n) is 4.70. The minimum Gasteiger partial charge on any atom is -0.497 e. The fourth-order valence-electron chi connectivity index (χ4n) is 2.25. The largest absolute Gasteiger partial charge is 0.497 e. The lowest BCUT2D eigenvalue weighted by molar-refractivity contribution is 0.354. The van der Waals surface area contributed by atoms with Crippen molar-refractivity contribution in [2.24, 2.45) is 0 Å². The highest BCUT2D eigenvalue weighted by molar-refractivity contribution is 6.22. The number of methoxy groups -OCH3 is 3. The highest BCUT2D eigenvalue weighted by atomic mass is 35.5. The van der Waals surface area contributed by atoms with E-state index < -0.39 is 0 Å². The van der Waals surface area contributed by atoms with Gasteiger partial charge in [0.1, 0.15) is 5.75 Å². The molecule has 0 aliphatic heterocycles. The van der Waals surface area contributed by atoms with Gasteiger partial charge in [0.05, 0.1) is 26.7 Å². The summed E-state index contributed by atoms with van der Waals surface area (Å²) in [6, 6.07) is 11.6. The lowest BCUT2D eigenvalue weighted by Crippen LogP contribution is -2.00. The molecule has 0 N–H and O–H groups in total. The molecule has 0 amide bonds. The Kier molecular flexibility index (Phi) is 4.97. The third kappa shape index (κ3) is 3.24. The van der Waals surface area contributed by atoms with Gasteiger partial charge < -0.3 is 14.2 Å². The van der Waals surface area contributed by atoms with Gasteiger partial charge in [-0.25, -0.2) is 0 Å². The Morgan fingerprint density at radius 3 is 2.19 bits per heavy atom. The maximum absolute atomic E-state index is 6.64. The Labute approximate surface area is 130 Å². The van der Waals surface area contributed by atoms with Crippen LogP contribution in [0, 0.1) is 6.92 Å². The van der Waals surface area contributed by atoms with E-state index in [1.807, 2.05) is 43.3 Å². The molecule has 2 aromatic carbocycles. The van der Waals surface area contributed by atoms with Gasteiger partial charge in [0.25, 0.3) is 0 Å². The molecule has 0 heterocycles. The van der Waals surface area contributed by atoms with Crippen LogP contribution in [0.3, 0.4) is 0 Å². The van der Waals surface area contributed by atoms with Crippen molar-refractivity contribution in [1.29, 1.82) is 0 Å². The van der Waals surface area contributed by atoms with E-state index in [0.717, 1.165) is 22.4 Å². The van der Waals surface area contributed by atoms with Crippen LogP contribution in [0.1, 0.15) is 22.1 Å². The third-order valence-corrected chi connectivity index (χ3v) is 3.92. The monoisotopic (exact) mass is 306 g/mol. The van der Waals surface area contributed by atoms with E-state index in [2.05, 4.69) is 0 Å². The van der Waals surface area contributed by atoms with Crippen LogP contribution in [0.15, 0.2) is 36.4 Å².